The van der Waals surface area contributed by atoms with E-state index in [0.717, 1.165) is 17.8 Å². The van der Waals surface area contributed by atoms with Crippen LogP contribution in [-0.4, -0.2) is 30.0 Å². The molecule has 0 aromatic carbocycles. The van der Waals surface area contributed by atoms with Crippen molar-refractivity contribution >= 4 is 9.84 Å². The van der Waals surface area contributed by atoms with Crippen LogP contribution in [-0.2, 0) is 29.1 Å². The predicted octanol–water partition coefficient (Wildman–Crippen LogP) is 0.244. The van der Waals surface area contributed by atoms with Gasteiger partial charge in [-0.1, -0.05) is 6.92 Å². The predicted molar refractivity (Wildman–Crippen MR) is 63.7 cm³/mol. The summed E-state index contributed by atoms with van der Waals surface area (Å²) in [7, 11) is -1.38. The first-order valence-corrected chi connectivity index (χ1v) is 7.14. The molecule has 0 radical (unpaired) electrons. The third-order valence-electron chi connectivity index (χ3n) is 2.27. The second-order valence-electron chi connectivity index (χ2n) is 4.14. The van der Waals surface area contributed by atoms with Gasteiger partial charge in [-0.2, -0.15) is 5.10 Å². The van der Waals surface area contributed by atoms with Crippen molar-refractivity contribution < 1.29 is 8.42 Å². The molecule has 0 saturated carbocycles. The summed E-state index contributed by atoms with van der Waals surface area (Å²) in [5.74, 6) is 0.0255. The van der Waals surface area contributed by atoms with Crippen LogP contribution in [0.3, 0.4) is 0 Å². The number of rotatable bonds is 5. The Kier molecular flexibility index (Phi) is 4.09. The molecule has 0 spiro atoms. The number of aromatic nitrogens is 2. The highest BCUT2D eigenvalue weighted by molar-refractivity contribution is 7.90. The largest absolute Gasteiger partial charge is 0.327 e. The molecule has 2 N–H and O–H groups in total. The summed E-state index contributed by atoms with van der Waals surface area (Å²) in [6.45, 7) is 3.68. The topological polar surface area (TPSA) is 78.0 Å². The first kappa shape index (κ1) is 13.2. The summed E-state index contributed by atoms with van der Waals surface area (Å²) < 4.78 is 25.1. The highest BCUT2D eigenvalue weighted by Gasteiger charge is 2.17. The summed E-state index contributed by atoms with van der Waals surface area (Å²) in [6.07, 6.45) is 0.807. The lowest BCUT2D eigenvalue weighted by Gasteiger charge is -2.06. The summed E-state index contributed by atoms with van der Waals surface area (Å²) in [4.78, 5) is 0. The van der Waals surface area contributed by atoms with Gasteiger partial charge in [0.15, 0.2) is 9.84 Å². The minimum absolute atomic E-state index is 0.0119. The van der Waals surface area contributed by atoms with Crippen LogP contribution >= 0.6 is 0 Å². The maximum Gasteiger partial charge on any atom is 0.157 e. The fourth-order valence-electron chi connectivity index (χ4n) is 1.56. The van der Waals surface area contributed by atoms with Gasteiger partial charge in [0.05, 0.1) is 22.9 Å². The molecule has 1 aromatic heterocycles. The molecule has 1 aromatic rings. The number of nitrogens with two attached hydrogens (primary N) is 1. The van der Waals surface area contributed by atoms with Crippen molar-refractivity contribution in [2.45, 2.75) is 32.1 Å². The van der Waals surface area contributed by atoms with Crippen molar-refractivity contribution in [1.29, 1.82) is 0 Å². The maximum absolute atomic E-state index is 11.7. The summed E-state index contributed by atoms with van der Waals surface area (Å²) in [5, 5.41) is 4.21. The van der Waals surface area contributed by atoms with E-state index in [9.17, 15) is 8.42 Å². The SMILES string of the molecule is CCc1cc(CS(=O)(=O)CC(C)N)n(C)n1. The van der Waals surface area contributed by atoms with Crippen molar-refractivity contribution in [3.05, 3.63) is 17.5 Å². The number of aryl methyl sites for hydroxylation is 2. The Bertz CT molecular complexity index is 449. The van der Waals surface area contributed by atoms with E-state index in [1.165, 1.54) is 0 Å². The van der Waals surface area contributed by atoms with E-state index >= 15 is 0 Å². The van der Waals surface area contributed by atoms with E-state index in [1.807, 2.05) is 13.0 Å². The van der Waals surface area contributed by atoms with Gasteiger partial charge < -0.3 is 5.73 Å². The smallest absolute Gasteiger partial charge is 0.157 e. The molecule has 1 unspecified atom stereocenters. The van der Waals surface area contributed by atoms with E-state index in [-0.39, 0.29) is 17.5 Å². The van der Waals surface area contributed by atoms with Gasteiger partial charge in [-0.15, -0.1) is 0 Å². The second kappa shape index (κ2) is 4.97. The van der Waals surface area contributed by atoms with Crippen molar-refractivity contribution in [2.24, 2.45) is 12.8 Å². The summed E-state index contributed by atoms with van der Waals surface area (Å²) >= 11 is 0. The van der Waals surface area contributed by atoms with E-state index in [0.29, 0.717) is 0 Å². The van der Waals surface area contributed by atoms with Gasteiger partial charge in [0.2, 0.25) is 0 Å². The molecule has 0 fully saturated rings. The van der Waals surface area contributed by atoms with Crippen molar-refractivity contribution in [3.63, 3.8) is 0 Å². The Morgan fingerprint density at radius 2 is 2.19 bits per heavy atom. The third kappa shape index (κ3) is 3.61. The average Bonchev–Trinajstić information content (AvgIpc) is 2.44. The molecule has 1 rings (SSSR count). The molecule has 0 amide bonds. The molecular formula is C10H19N3O2S. The maximum atomic E-state index is 11.7. The van der Waals surface area contributed by atoms with Gasteiger partial charge in [-0.3, -0.25) is 4.68 Å². The zero-order valence-electron chi connectivity index (χ0n) is 9.97. The van der Waals surface area contributed by atoms with E-state index < -0.39 is 9.84 Å². The van der Waals surface area contributed by atoms with Crippen molar-refractivity contribution in [1.82, 2.24) is 9.78 Å². The fraction of sp³-hybridized carbons (Fsp3) is 0.700. The number of sulfone groups is 1. The zero-order chi connectivity index (χ0) is 12.3. The molecule has 0 aliphatic heterocycles. The van der Waals surface area contributed by atoms with Crippen LogP contribution in [0.15, 0.2) is 6.07 Å². The van der Waals surface area contributed by atoms with Crippen LogP contribution in [0.25, 0.3) is 0 Å². The molecule has 0 bridgehead atoms. The molecule has 6 heteroatoms. The van der Waals surface area contributed by atoms with Crippen LogP contribution in [0.4, 0.5) is 0 Å². The molecule has 0 aliphatic rings. The van der Waals surface area contributed by atoms with Gasteiger partial charge in [0, 0.05) is 13.1 Å². The van der Waals surface area contributed by atoms with Crippen LogP contribution in [0.1, 0.15) is 25.2 Å². The lowest BCUT2D eigenvalue weighted by Crippen LogP contribution is -2.27. The lowest BCUT2D eigenvalue weighted by molar-refractivity contribution is 0.586. The van der Waals surface area contributed by atoms with Crippen molar-refractivity contribution in [2.75, 3.05) is 5.75 Å². The molecule has 0 saturated heterocycles. The first-order chi connectivity index (χ1) is 7.34. The fourth-order valence-corrected chi connectivity index (χ4v) is 3.20. The van der Waals surface area contributed by atoms with E-state index in [2.05, 4.69) is 5.10 Å². The number of hydrogen-bond donors (Lipinski definition) is 1. The number of nitrogens with zero attached hydrogens (tertiary/aromatic N) is 2. The van der Waals surface area contributed by atoms with Gasteiger partial charge in [-0.25, -0.2) is 8.42 Å². The Morgan fingerprint density at radius 1 is 1.56 bits per heavy atom. The lowest BCUT2D eigenvalue weighted by atomic mass is 10.3. The summed E-state index contributed by atoms with van der Waals surface area (Å²) in [6, 6.07) is 1.50. The Hall–Kier alpha value is -0.880. The Morgan fingerprint density at radius 3 is 2.62 bits per heavy atom. The zero-order valence-corrected chi connectivity index (χ0v) is 10.8. The van der Waals surface area contributed by atoms with Crippen molar-refractivity contribution in [3.8, 4) is 0 Å². The molecule has 1 heterocycles. The minimum atomic E-state index is -3.14. The minimum Gasteiger partial charge on any atom is -0.327 e. The molecule has 1 atom stereocenters. The van der Waals surface area contributed by atoms with Crippen LogP contribution in [0.2, 0.25) is 0 Å². The molecular weight excluding hydrogens is 226 g/mol. The molecule has 92 valence electrons. The second-order valence-corrected chi connectivity index (χ2v) is 6.25. The van der Waals surface area contributed by atoms with Gasteiger partial charge in [0.25, 0.3) is 0 Å². The Balaban J connectivity index is 2.83. The van der Waals surface area contributed by atoms with E-state index in [4.69, 9.17) is 5.73 Å². The highest BCUT2D eigenvalue weighted by atomic mass is 32.2. The molecule has 0 aliphatic carbocycles. The monoisotopic (exact) mass is 245 g/mol. The summed E-state index contributed by atoms with van der Waals surface area (Å²) in [5.41, 5.74) is 7.13. The quantitative estimate of drug-likeness (QED) is 0.806. The standard InChI is InChI=1S/C10H19N3O2S/c1-4-9-5-10(13(3)12-9)7-16(14,15)6-8(2)11/h5,8H,4,6-7,11H2,1-3H3. The van der Waals surface area contributed by atoms with Crippen LogP contribution in [0.5, 0.6) is 0 Å². The third-order valence-corrected chi connectivity index (χ3v) is 4.04. The van der Waals surface area contributed by atoms with Gasteiger partial charge in [-0.05, 0) is 19.4 Å². The van der Waals surface area contributed by atoms with E-state index in [1.54, 1.807) is 18.7 Å². The number of hydrogen-bond acceptors (Lipinski definition) is 4. The van der Waals surface area contributed by atoms with Crippen LogP contribution < -0.4 is 5.73 Å². The Labute approximate surface area is 96.6 Å². The van der Waals surface area contributed by atoms with Crippen LogP contribution in [0, 0.1) is 0 Å². The van der Waals surface area contributed by atoms with Gasteiger partial charge >= 0.3 is 0 Å². The molecule has 16 heavy (non-hydrogen) atoms. The normalized spacial score (nSPS) is 14.0. The highest BCUT2D eigenvalue weighted by Crippen LogP contribution is 2.09. The first-order valence-electron chi connectivity index (χ1n) is 5.32. The van der Waals surface area contributed by atoms with Gasteiger partial charge in [0.1, 0.15) is 0 Å². The molecule has 5 nitrogen and oxygen atoms in total. The average molecular weight is 245 g/mol.